The molecule has 2 aliphatic carbocycles. The molecule has 3 N–H and O–H groups in total. The Morgan fingerprint density at radius 3 is 2.40 bits per heavy atom. The first kappa shape index (κ1) is 13.5. The Bertz CT molecular complexity index is 468. The van der Waals surface area contributed by atoms with Crippen LogP contribution in [0.15, 0.2) is 12.3 Å². The second-order valence-corrected chi connectivity index (χ2v) is 6.31. The van der Waals surface area contributed by atoms with Crippen molar-refractivity contribution >= 4 is 11.6 Å². The van der Waals surface area contributed by atoms with Crippen molar-refractivity contribution in [2.24, 2.45) is 0 Å². The molecule has 20 heavy (non-hydrogen) atoms. The molecule has 0 spiro atoms. The summed E-state index contributed by atoms with van der Waals surface area (Å²) < 4.78 is 2.06. The van der Waals surface area contributed by atoms with Crippen LogP contribution in [0.3, 0.4) is 0 Å². The van der Waals surface area contributed by atoms with E-state index >= 15 is 0 Å². The van der Waals surface area contributed by atoms with E-state index in [0.717, 1.165) is 31.4 Å². The second kappa shape index (κ2) is 5.90. The fourth-order valence-electron chi connectivity index (χ4n) is 3.20. The van der Waals surface area contributed by atoms with Gasteiger partial charge in [-0.15, -0.1) is 0 Å². The Morgan fingerprint density at radius 2 is 1.75 bits per heavy atom. The number of nitrogens with one attached hydrogen (secondary N) is 1. The molecule has 1 amide bonds. The van der Waals surface area contributed by atoms with E-state index < -0.39 is 0 Å². The van der Waals surface area contributed by atoms with Crippen molar-refractivity contribution in [2.75, 3.05) is 5.73 Å². The number of aromatic nitrogens is 1. The summed E-state index contributed by atoms with van der Waals surface area (Å²) in [4.78, 5) is 12.5. The normalized spacial score (nSPS) is 21.2. The van der Waals surface area contributed by atoms with E-state index in [0.29, 0.717) is 17.8 Å². The van der Waals surface area contributed by atoms with Crippen molar-refractivity contribution in [1.29, 1.82) is 0 Å². The zero-order valence-electron chi connectivity index (χ0n) is 12.1. The number of carbonyl (C=O) groups is 1. The van der Waals surface area contributed by atoms with E-state index in [-0.39, 0.29) is 5.91 Å². The molecule has 0 atom stereocenters. The van der Waals surface area contributed by atoms with Gasteiger partial charge < -0.3 is 15.6 Å². The molecule has 2 aliphatic rings. The minimum absolute atomic E-state index is 0.0548. The lowest BCUT2D eigenvalue weighted by molar-refractivity contribution is 0.0921. The minimum Gasteiger partial charge on any atom is -0.397 e. The number of carbonyl (C=O) groups excluding carboxylic acids is 1. The maximum Gasteiger partial charge on any atom is 0.268 e. The molecule has 0 aliphatic heterocycles. The van der Waals surface area contributed by atoms with Crippen molar-refractivity contribution in [2.45, 2.75) is 69.9 Å². The van der Waals surface area contributed by atoms with Crippen LogP contribution in [-0.2, 0) is 0 Å². The monoisotopic (exact) mass is 275 g/mol. The summed E-state index contributed by atoms with van der Waals surface area (Å²) in [5.41, 5.74) is 7.30. The van der Waals surface area contributed by atoms with Crippen LogP contribution in [0.25, 0.3) is 0 Å². The van der Waals surface area contributed by atoms with Crippen molar-refractivity contribution in [3.8, 4) is 0 Å². The molecular formula is C16H25N3O. The summed E-state index contributed by atoms with van der Waals surface area (Å²) in [6, 6.07) is 2.65. The Morgan fingerprint density at radius 1 is 1.10 bits per heavy atom. The Labute approximate surface area is 120 Å². The first-order chi connectivity index (χ1) is 9.74. The van der Waals surface area contributed by atoms with Gasteiger partial charge in [-0.25, -0.2) is 0 Å². The smallest absolute Gasteiger partial charge is 0.268 e. The van der Waals surface area contributed by atoms with Crippen LogP contribution >= 0.6 is 0 Å². The molecule has 0 aromatic carbocycles. The highest BCUT2D eigenvalue weighted by Crippen LogP contribution is 2.37. The molecule has 2 saturated carbocycles. The van der Waals surface area contributed by atoms with Crippen LogP contribution in [0.4, 0.5) is 5.69 Å². The number of anilines is 1. The highest BCUT2D eigenvalue weighted by Gasteiger charge is 2.28. The van der Waals surface area contributed by atoms with Gasteiger partial charge in [-0.1, -0.05) is 32.1 Å². The van der Waals surface area contributed by atoms with Gasteiger partial charge in [-0.2, -0.15) is 0 Å². The van der Waals surface area contributed by atoms with Crippen LogP contribution in [-0.4, -0.2) is 16.5 Å². The van der Waals surface area contributed by atoms with Gasteiger partial charge in [0, 0.05) is 18.3 Å². The summed E-state index contributed by atoms with van der Waals surface area (Å²) in [5.74, 6) is 0.0548. The molecule has 110 valence electrons. The number of amides is 1. The summed E-state index contributed by atoms with van der Waals surface area (Å²) in [7, 11) is 0. The van der Waals surface area contributed by atoms with Crippen molar-refractivity contribution < 1.29 is 4.79 Å². The first-order valence-electron chi connectivity index (χ1n) is 8.02. The van der Waals surface area contributed by atoms with Crippen LogP contribution in [0.5, 0.6) is 0 Å². The highest BCUT2D eigenvalue weighted by molar-refractivity contribution is 5.94. The second-order valence-electron chi connectivity index (χ2n) is 6.31. The van der Waals surface area contributed by atoms with E-state index in [2.05, 4.69) is 9.88 Å². The number of nitrogen functional groups attached to an aromatic ring is 1. The number of nitrogens with two attached hydrogens (primary N) is 1. The fourth-order valence-corrected chi connectivity index (χ4v) is 3.20. The molecule has 1 heterocycles. The van der Waals surface area contributed by atoms with Crippen LogP contribution in [0.2, 0.25) is 0 Å². The number of nitrogens with zero attached hydrogens (tertiary/aromatic N) is 1. The predicted molar refractivity (Wildman–Crippen MR) is 80.7 cm³/mol. The van der Waals surface area contributed by atoms with Gasteiger partial charge >= 0.3 is 0 Å². The molecule has 3 rings (SSSR count). The third-order valence-electron chi connectivity index (χ3n) is 4.48. The Hall–Kier alpha value is -1.45. The van der Waals surface area contributed by atoms with Gasteiger partial charge in [0.1, 0.15) is 5.69 Å². The van der Waals surface area contributed by atoms with Crippen molar-refractivity contribution in [3.05, 3.63) is 18.0 Å². The number of rotatable bonds is 3. The molecule has 0 radical (unpaired) electrons. The SMILES string of the molecule is Nc1cc(C(=O)NC2CCCCCCC2)n(C2CC2)c1. The molecule has 2 fully saturated rings. The third kappa shape index (κ3) is 3.17. The zero-order valence-corrected chi connectivity index (χ0v) is 12.1. The lowest BCUT2D eigenvalue weighted by atomic mass is 9.96. The summed E-state index contributed by atoms with van der Waals surface area (Å²) >= 11 is 0. The highest BCUT2D eigenvalue weighted by atomic mass is 16.2. The lowest BCUT2D eigenvalue weighted by Crippen LogP contribution is -2.36. The van der Waals surface area contributed by atoms with Crippen LogP contribution < -0.4 is 11.1 Å². The molecule has 1 aromatic heterocycles. The van der Waals surface area contributed by atoms with E-state index in [4.69, 9.17) is 5.73 Å². The maximum absolute atomic E-state index is 12.5. The van der Waals surface area contributed by atoms with Gasteiger partial charge in [-0.05, 0) is 31.7 Å². The van der Waals surface area contributed by atoms with Gasteiger partial charge in [0.15, 0.2) is 0 Å². The zero-order chi connectivity index (χ0) is 13.9. The summed E-state index contributed by atoms with van der Waals surface area (Å²) in [5, 5.41) is 3.22. The largest absolute Gasteiger partial charge is 0.397 e. The number of hydrogen-bond donors (Lipinski definition) is 2. The summed E-state index contributed by atoms with van der Waals surface area (Å²) in [6.45, 7) is 0. The summed E-state index contributed by atoms with van der Waals surface area (Å²) in [6.07, 6.45) is 12.9. The lowest BCUT2D eigenvalue weighted by Gasteiger charge is -2.21. The van der Waals surface area contributed by atoms with Crippen LogP contribution in [0.1, 0.15) is 74.3 Å². The maximum atomic E-state index is 12.5. The van der Waals surface area contributed by atoms with Crippen molar-refractivity contribution in [3.63, 3.8) is 0 Å². The minimum atomic E-state index is 0.0548. The van der Waals surface area contributed by atoms with E-state index in [1.807, 2.05) is 12.3 Å². The van der Waals surface area contributed by atoms with Gasteiger partial charge in [0.25, 0.3) is 5.91 Å². The topological polar surface area (TPSA) is 60.1 Å². The van der Waals surface area contributed by atoms with E-state index in [9.17, 15) is 4.79 Å². The van der Waals surface area contributed by atoms with Gasteiger partial charge in [0.05, 0.1) is 5.69 Å². The number of hydrogen-bond acceptors (Lipinski definition) is 2. The molecule has 4 nitrogen and oxygen atoms in total. The average Bonchev–Trinajstić information content (AvgIpc) is 3.15. The Kier molecular flexibility index (Phi) is 3.99. The van der Waals surface area contributed by atoms with E-state index in [1.165, 1.54) is 32.1 Å². The average molecular weight is 275 g/mol. The predicted octanol–water partition coefficient (Wildman–Crippen LogP) is 3.25. The molecule has 0 saturated heterocycles. The molecule has 0 unspecified atom stereocenters. The first-order valence-corrected chi connectivity index (χ1v) is 8.02. The van der Waals surface area contributed by atoms with Gasteiger partial charge in [0.2, 0.25) is 0 Å². The van der Waals surface area contributed by atoms with Crippen LogP contribution in [0, 0.1) is 0 Å². The van der Waals surface area contributed by atoms with Crippen molar-refractivity contribution in [1.82, 2.24) is 9.88 Å². The van der Waals surface area contributed by atoms with E-state index in [1.54, 1.807) is 0 Å². The quantitative estimate of drug-likeness (QED) is 0.889. The third-order valence-corrected chi connectivity index (χ3v) is 4.48. The molecule has 1 aromatic rings. The molecular weight excluding hydrogens is 250 g/mol. The molecule has 0 bridgehead atoms. The fraction of sp³-hybridized carbons (Fsp3) is 0.688. The van der Waals surface area contributed by atoms with Gasteiger partial charge in [-0.3, -0.25) is 4.79 Å². The molecule has 4 heteroatoms. The Balaban J connectivity index is 1.65. The standard InChI is InChI=1S/C16H25N3O/c17-12-10-15(19(11-12)14-8-9-14)16(20)18-13-6-4-2-1-3-5-7-13/h10-11,13-14H,1-9,17H2,(H,18,20).